The van der Waals surface area contributed by atoms with Gasteiger partial charge < -0.3 is 10.2 Å². The molecule has 1 aliphatic rings. The maximum atomic E-state index is 12.5. The molecule has 1 atom stereocenters. The first-order valence-corrected chi connectivity index (χ1v) is 10.5. The van der Waals surface area contributed by atoms with Crippen molar-refractivity contribution in [2.24, 2.45) is 0 Å². The van der Waals surface area contributed by atoms with Gasteiger partial charge in [-0.05, 0) is 50.1 Å². The van der Waals surface area contributed by atoms with E-state index in [0.717, 1.165) is 11.3 Å². The molecule has 1 amide bonds. The Morgan fingerprint density at radius 1 is 1.31 bits per heavy atom. The Bertz CT molecular complexity index is 912. The van der Waals surface area contributed by atoms with E-state index in [1.54, 1.807) is 18.3 Å². The molecule has 0 spiro atoms. The van der Waals surface area contributed by atoms with Crippen molar-refractivity contribution >= 4 is 27.2 Å². The fourth-order valence-corrected chi connectivity index (χ4v) is 4.83. The average Bonchev–Trinajstić information content (AvgIpc) is 2.94. The van der Waals surface area contributed by atoms with Gasteiger partial charge in [-0.15, -0.1) is 0 Å². The number of aryl methyl sites for hydroxylation is 1. The van der Waals surface area contributed by atoms with E-state index in [-0.39, 0.29) is 23.5 Å². The molecular weight excluding hydrogens is 350 g/mol. The summed E-state index contributed by atoms with van der Waals surface area (Å²) in [6.07, 6.45) is 2.07. The molecule has 1 aliphatic heterocycles. The predicted octanol–water partition coefficient (Wildman–Crippen LogP) is 2.46. The summed E-state index contributed by atoms with van der Waals surface area (Å²) in [5, 5.41) is 2.82. The van der Waals surface area contributed by atoms with Crippen molar-refractivity contribution in [1.29, 1.82) is 0 Å². The monoisotopic (exact) mass is 373 g/mol. The fraction of sp³-hybridized carbons (Fsp3) is 0.368. The van der Waals surface area contributed by atoms with Gasteiger partial charge in [0.05, 0.1) is 11.5 Å². The normalized spacial score (nSPS) is 18.5. The van der Waals surface area contributed by atoms with Gasteiger partial charge in [0.1, 0.15) is 5.82 Å². The van der Waals surface area contributed by atoms with Crippen molar-refractivity contribution < 1.29 is 13.2 Å². The highest BCUT2D eigenvalue weighted by molar-refractivity contribution is 7.91. The van der Waals surface area contributed by atoms with Crippen molar-refractivity contribution in [1.82, 2.24) is 10.3 Å². The molecule has 0 saturated carbocycles. The third kappa shape index (κ3) is 4.22. The minimum absolute atomic E-state index is 0.0149. The average molecular weight is 373 g/mol. The Labute approximate surface area is 154 Å². The molecule has 1 fully saturated rings. The molecule has 2 heterocycles. The Hall–Kier alpha value is -2.41. The zero-order chi connectivity index (χ0) is 18.7. The van der Waals surface area contributed by atoms with Crippen LogP contribution in [0.2, 0.25) is 0 Å². The number of nitrogens with zero attached hydrogens (tertiary/aromatic N) is 2. The van der Waals surface area contributed by atoms with Crippen LogP contribution >= 0.6 is 0 Å². The Balaban J connectivity index is 1.80. The second kappa shape index (κ2) is 7.45. The molecular formula is C19H23N3O3S. The van der Waals surface area contributed by atoms with Crippen LogP contribution in [0, 0.1) is 6.92 Å². The Morgan fingerprint density at radius 2 is 2.12 bits per heavy atom. The van der Waals surface area contributed by atoms with Crippen LogP contribution in [0.3, 0.4) is 0 Å². The molecule has 0 radical (unpaired) electrons. The quantitative estimate of drug-likeness (QED) is 0.871. The van der Waals surface area contributed by atoms with Gasteiger partial charge in [0.15, 0.2) is 9.84 Å². The number of carbonyl (C=O) groups is 1. The zero-order valence-electron chi connectivity index (χ0n) is 15.0. The van der Waals surface area contributed by atoms with Crippen molar-refractivity contribution in [3.63, 3.8) is 0 Å². The molecule has 138 valence electrons. The molecule has 0 aliphatic carbocycles. The lowest BCUT2D eigenvalue weighted by molar-refractivity contribution is 0.0941. The van der Waals surface area contributed by atoms with Gasteiger partial charge in [0, 0.05) is 30.0 Å². The summed E-state index contributed by atoms with van der Waals surface area (Å²) in [7, 11) is -3.02. The molecule has 26 heavy (non-hydrogen) atoms. The number of rotatable bonds is 5. The van der Waals surface area contributed by atoms with Gasteiger partial charge in [-0.25, -0.2) is 13.4 Å². The van der Waals surface area contributed by atoms with E-state index in [1.807, 2.05) is 36.9 Å². The number of pyridine rings is 1. The number of sulfone groups is 1. The number of aromatic nitrogens is 1. The van der Waals surface area contributed by atoms with Crippen LogP contribution in [0.1, 0.15) is 29.3 Å². The lowest BCUT2D eigenvalue weighted by Gasteiger charge is -2.23. The van der Waals surface area contributed by atoms with Crippen molar-refractivity contribution in [2.75, 3.05) is 23.0 Å². The van der Waals surface area contributed by atoms with Crippen molar-refractivity contribution in [3.8, 4) is 0 Å². The van der Waals surface area contributed by atoms with Gasteiger partial charge in [0.2, 0.25) is 0 Å². The first kappa shape index (κ1) is 18.4. The third-order valence-electron chi connectivity index (χ3n) is 4.48. The lowest BCUT2D eigenvalue weighted by atomic mass is 10.2. The first-order valence-electron chi connectivity index (χ1n) is 8.69. The van der Waals surface area contributed by atoms with E-state index in [4.69, 9.17) is 0 Å². The molecule has 0 bridgehead atoms. The number of amides is 1. The minimum atomic E-state index is -3.02. The second-order valence-corrected chi connectivity index (χ2v) is 8.79. The minimum Gasteiger partial charge on any atom is -0.348 e. The predicted molar refractivity (Wildman–Crippen MR) is 103 cm³/mol. The molecule has 1 aromatic carbocycles. The molecule has 6 nitrogen and oxygen atoms in total. The summed E-state index contributed by atoms with van der Waals surface area (Å²) in [5.41, 5.74) is 2.64. The van der Waals surface area contributed by atoms with Gasteiger partial charge in [-0.2, -0.15) is 0 Å². The van der Waals surface area contributed by atoms with Gasteiger partial charge in [-0.3, -0.25) is 4.79 Å². The number of anilines is 2. The molecule has 3 rings (SSSR count). The lowest BCUT2D eigenvalue weighted by Crippen LogP contribution is -2.35. The number of carbonyl (C=O) groups excluding carboxylic acids is 1. The van der Waals surface area contributed by atoms with Crippen LogP contribution in [0.5, 0.6) is 0 Å². The van der Waals surface area contributed by atoms with E-state index in [1.165, 1.54) is 0 Å². The van der Waals surface area contributed by atoms with Gasteiger partial charge >= 0.3 is 0 Å². The summed E-state index contributed by atoms with van der Waals surface area (Å²) in [6, 6.07) is 11.2. The Morgan fingerprint density at radius 3 is 2.77 bits per heavy atom. The van der Waals surface area contributed by atoms with Crippen molar-refractivity contribution in [3.05, 3.63) is 53.7 Å². The SMILES string of the molecule is CCN(c1cccc(C)c1)c1cc(C(=O)NC2CCS(=O)(=O)C2)ccn1. The van der Waals surface area contributed by atoms with E-state index in [0.29, 0.717) is 24.3 Å². The summed E-state index contributed by atoms with van der Waals surface area (Å²) >= 11 is 0. The van der Waals surface area contributed by atoms with Gasteiger partial charge in [0.25, 0.3) is 5.91 Å². The fourth-order valence-electron chi connectivity index (χ4n) is 3.16. The van der Waals surface area contributed by atoms with Crippen LogP contribution in [-0.4, -0.2) is 43.4 Å². The standard InChI is InChI=1S/C19H23N3O3S/c1-3-22(17-6-4-5-14(2)11-17)18-12-15(7-9-20-18)19(23)21-16-8-10-26(24,25)13-16/h4-7,9,11-12,16H,3,8,10,13H2,1-2H3,(H,21,23). The third-order valence-corrected chi connectivity index (χ3v) is 6.25. The molecule has 1 N–H and O–H groups in total. The summed E-state index contributed by atoms with van der Waals surface area (Å²) in [6.45, 7) is 4.77. The maximum absolute atomic E-state index is 12.5. The maximum Gasteiger partial charge on any atom is 0.251 e. The van der Waals surface area contributed by atoms with Crippen molar-refractivity contribution in [2.45, 2.75) is 26.3 Å². The topological polar surface area (TPSA) is 79.4 Å². The van der Waals surface area contributed by atoms with E-state index in [9.17, 15) is 13.2 Å². The number of benzene rings is 1. The molecule has 1 unspecified atom stereocenters. The highest BCUT2D eigenvalue weighted by atomic mass is 32.2. The van der Waals surface area contributed by atoms with Crippen LogP contribution in [-0.2, 0) is 9.84 Å². The Kier molecular flexibility index (Phi) is 5.27. The molecule has 1 aromatic heterocycles. The number of hydrogen-bond acceptors (Lipinski definition) is 5. The number of hydrogen-bond donors (Lipinski definition) is 1. The summed E-state index contributed by atoms with van der Waals surface area (Å²) in [4.78, 5) is 18.9. The smallest absolute Gasteiger partial charge is 0.251 e. The summed E-state index contributed by atoms with van der Waals surface area (Å²) in [5.74, 6) is 0.568. The number of nitrogens with one attached hydrogen (secondary N) is 1. The van der Waals surface area contributed by atoms with Crippen LogP contribution in [0.4, 0.5) is 11.5 Å². The highest BCUT2D eigenvalue weighted by Gasteiger charge is 2.29. The van der Waals surface area contributed by atoms with Crippen LogP contribution in [0.15, 0.2) is 42.6 Å². The summed E-state index contributed by atoms with van der Waals surface area (Å²) < 4.78 is 23.1. The molecule has 7 heteroatoms. The zero-order valence-corrected chi connectivity index (χ0v) is 15.8. The first-order chi connectivity index (χ1) is 12.4. The molecule has 2 aromatic rings. The molecule has 1 saturated heterocycles. The van der Waals surface area contributed by atoms with Gasteiger partial charge in [-0.1, -0.05) is 12.1 Å². The van der Waals surface area contributed by atoms with Crippen LogP contribution < -0.4 is 10.2 Å². The van der Waals surface area contributed by atoms with E-state index in [2.05, 4.69) is 16.4 Å². The van der Waals surface area contributed by atoms with Crippen LogP contribution in [0.25, 0.3) is 0 Å². The highest BCUT2D eigenvalue weighted by Crippen LogP contribution is 2.24. The largest absolute Gasteiger partial charge is 0.348 e. The second-order valence-electron chi connectivity index (χ2n) is 6.56. The van der Waals surface area contributed by atoms with E-state index < -0.39 is 9.84 Å². The van der Waals surface area contributed by atoms with E-state index >= 15 is 0 Å².